The molecular weight excluding hydrogens is 248 g/mol. The molecule has 0 bridgehead atoms. The summed E-state index contributed by atoms with van der Waals surface area (Å²) in [5.74, 6) is 0.282. The zero-order chi connectivity index (χ0) is 10.1. The maximum absolute atomic E-state index is 5.40. The summed E-state index contributed by atoms with van der Waals surface area (Å²) in [6.45, 7) is 0.610. The Balaban J connectivity index is 2.22. The monoisotopic (exact) mass is 256 g/mol. The van der Waals surface area contributed by atoms with Crippen LogP contribution in [-0.4, -0.2) is 24.5 Å². The van der Waals surface area contributed by atoms with Gasteiger partial charge in [0.1, 0.15) is 10.9 Å². The van der Waals surface area contributed by atoms with Gasteiger partial charge in [0.25, 0.3) is 0 Å². The van der Waals surface area contributed by atoms with Gasteiger partial charge in [0.05, 0.1) is 6.54 Å². The molecule has 6 nitrogen and oxygen atoms in total. The SMILES string of the molecule is Cn1cc(Cn2cnc(N)n2)c(Br)n1. The molecule has 2 N–H and O–H groups in total. The van der Waals surface area contributed by atoms with Crippen LogP contribution >= 0.6 is 15.9 Å². The van der Waals surface area contributed by atoms with Gasteiger partial charge in [0.2, 0.25) is 5.95 Å². The average molecular weight is 257 g/mol. The molecule has 2 aromatic rings. The van der Waals surface area contributed by atoms with E-state index in [0.29, 0.717) is 6.54 Å². The number of nitrogens with two attached hydrogens (primary N) is 1. The highest BCUT2D eigenvalue weighted by atomic mass is 79.9. The van der Waals surface area contributed by atoms with Crippen LogP contribution in [0.3, 0.4) is 0 Å². The summed E-state index contributed by atoms with van der Waals surface area (Å²) in [7, 11) is 1.87. The van der Waals surface area contributed by atoms with Crippen molar-refractivity contribution in [1.82, 2.24) is 24.5 Å². The van der Waals surface area contributed by atoms with Crippen LogP contribution in [0.25, 0.3) is 0 Å². The molecule has 0 unspecified atom stereocenters. The fourth-order valence-corrected chi connectivity index (χ4v) is 1.65. The lowest BCUT2D eigenvalue weighted by Crippen LogP contribution is -2.00. The standard InChI is InChI=1S/C7H9BrN6/c1-13-2-5(6(8)11-13)3-14-4-10-7(9)12-14/h2,4H,3H2,1H3,(H2,9,12). The lowest BCUT2D eigenvalue weighted by atomic mass is 10.4. The maximum atomic E-state index is 5.40. The van der Waals surface area contributed by atoms with Crippen LogP contribution in [0.15, 0.2) is 17.1 Å². The minimum absolute atomic E-state index is 0.282. The van der Waals surface area contributed by atoms with Gasteiger partial charge in [-0.2, -0.15) is 5.10 Å². The van der Waals surface area contributed by atoms with E-state index in [1.54, 1.807) is 15.7 Å². The predicted octanol–water partition coefficient (Wildman–Crippen LogP) is 0.405. The Labute approximate surface area is 88.9 Å². The van der Waals surface area contributed by atoms with Gasteiger partial charge < -0.3 is 5.73 Å². The van der Waals surface area contributed by atoms with Gasteiger partial charge in [-0.15, -0.1) is 5.10 Å². The van der Waals surface area contributed by atoms with Gasteiger partial charge in [-0.1, -0.05) is 0 Å². The van der Waals surface area contributed by atoms with Crippen LogP contribution < -0.4 is 5.73 Å². The van der Waals surface area contributed by atoms with Crippen molar-refractivity contribution in [3.8, 4) is 0 Å². The third-order valence-electron chi connectivity index (χ3n) is 1.74. The second-order valence-corrected chi connectivity index (χ2v) is 3.67. The number of aromatic nitrogens is 5. The summed E-state index contributed by atoms with van der Waals surface area (Å²) in [6.07, 6.45) is 3.51. The van der Waals surface area contributed by atoms with Crippen LogP contribution in [0.2, 0.25) is 0 Å². The number of nitrogen functional groups attached to an aromatic ring is 1. The van der Waals surface area contributed by atoms with Crippen molar-refractivity contribution in [2.45, 2.75) is 6.54 Å². The van der Waals surface area contributed by atoms with Gasteiger partial charge in [0.15, 0.2) is 0 Å². The van der Waals surface area contributed by atoms with E-state index in [2.05, 4.69) is 31.1 Å². The first-order valence-corrected chi connectivity index (χ1v) is 4.77. The van der Waals surface area contributed by atoms with Crippen LogP contribution in [0.4, 0.5) is 5.95 Å². The van der Waals surface area contributed by atoms with Crippen molar-refractivity contribution in [2.24, 2.45) is 7.05 Å². The van der Waals surface area contributed by atoms with Crippen molar-refractivity contribution < 1.29 is 0 Å². The number of nitrogens with zero attached hydrogens (tertiary/aromatic N) is 5. The Morgan fingerprint density at radius 2 is 2.29 bits per heavy atom. The van der Waals surface area contributed by atoms with E-state index in [9.17, 15) is 0 Å². The number of hydrogen-bond acceptors (Lipinski definition) is 4. The Bertz CT molecular complexity index is 445. The molecule has 2 heterocycles. The molecule has 0 aliphatic carbocycles. The summed E-state index contributed by atoms with van der Waals surface area (Å²) in [5.41, 5.74) is 6.44. The quantitative estimate of drug-likeness (QED) is 0.845. The Hall–Kier alpha value is -1.37. The fraction of sp³-hybridized carbons (Fsp3) is 0.286. The zero-order valence-corrected chi connectivity index (χ0v) is 9.14. The predicted molar refractivity (Wildman–Crippen MR) is 54.4 cm³/mol. The molecule has 2 rings (SSSR count). The molecule has 0 amide bonds. The highest BCUT2D eigenvalue weighted by Gasteiger charge is 2.05. The number of aryl methyl sites for hydroxylation is 1. The normalized spacial score (nSPS) is 10.7. The minimum Gasteiger partial charge on any atom is -0.367 e. The Morgan fingerprint density at radius 3 is 2.79 bits per heavy atom. The average Bonchev–Trinajstić information content (AvgIpc) is 2.61. The van der Waals surface area contributed by atoms with Gasteiger partial charge >= 0.3 is 0 Å². The van der Waals surface area contributed by atoms with E-state index in [1.807, 2.05) is 13.2 Å². The highest BCUT2D eigenvalue weighted by Crippen LogP contribution is 2.14. The minimum atomic E-state index is 0.282. The summed E-state index contributed by atoms with van der Waals surface area (Å²) < 4.78 is 4.21. The third kappa shape index (κ3) is 1.77. The molecule has 0 radical (unpaired) electrons. The summed E-state index contributed by atoms with van der Waals surface area (Å²) in [4.78, 5) is 3.84. The molecule has 0 atom stereocenters. The second-order valence-electron chi connectivity index (χ2n) is 2.92. The van der Waals surface area contributed by atoms with Crippen molar-refractivity contribution in [3.05, 3.63) is 22.7 Å². The highest BCUT2D eigenvalue weighted by molar-refractivity contribution is 9.10. The van der Waals surface area contributed by atoms with Crippen LogP contribution in [0.5, 0.6) is 0 Å². The van der Waals surface area contributed by atoms with E-state index < -0.39 is 0 Å². The molecule has 7 heteroatoms. The van der Waals surface area contributed by atoms with E-state index >= 15 is 0 Å². The molecule has 0 fully saturated rings. The fourth-order valence-electron chi connectivity index (χ4n) is 1.18. The summed E-state index contributed by atoms with van der Waals surface area (Å²) in [5, 5.41) is 8.14. The van der Waals surface area contributed by atoms with Gasteiger partial charge in [-0.25, -0.2) is 9.67 Å². The van der Waals surface area contributed by atoms with Crippen LogP contribution in [0.1, 0.15) is 5.56 Å². The van der Waals surface area contributed by atoms with Gasteiger partial charge in [-0.3, -0.25) is 4.68 Å². The Morgan fingerprint density at radius 1 is 1.50 bits per heavy atom. The third-order valence-corrected chi connectivity index (χ3v) is 2.41. The Kier molecular flexibility index (Phi) is 2.24. The summed E-state index contributed by atoms with van der Waals surface area (Å²) >= 11 is 3.36. The molecule has 14 heavy (non-hydrogen) atoms. The molecule has 0 aromatic carbocycles. The van der Waals surface area contributed by atoms with Crippen molar-refractivity contribution in [3.63, 3.8) is 0 Å². The number of hydrogen-bond donors (Lipinski definition) is 1. The number of anilines is 1. The molecule has 0 spiro atoms. The van der Waals surface area contributed by atoms with Gasteiger partial charge in [-0.05, 0) is 15.9 Å². The summed E-state index contributed by atoms with van der Waals surface area (Å²) in [6, 6.07) is 0. The maximum Gasteiger partial charge on any atom is 0.239 e. The van der Waals surface area contributed by atoms with Crippen LogP contribution in [-0.2, 0) is 13.6 Å². The topological polar surface area (TPSA) is 74.5 Å². The molecule has 0 aliphatic rings. The first kappa shape index (κ1) is 9.20. The molecular formula is C7H9BrN6. The lowest BCUT2D eigenvalue weighted by Gasteiger charge is -1.96. The van der Waals surface area contributed by atoms with Crippen LogP contribution in [0, 0.1) is 0 Å². The lowest BCUT2D eigenvalue weighted by molar-refractivity contribution is 0.685. The van der Waals surface area contributed by atoms with E-state index in [-0.39, 0.29) is 5.95 Å². The molecule has 0 aliphatic heterocycles. The van der Waals surface area contributed by atoms with E-state index in [1.165, 1.54) is 0 Å². The van der Waals surface area contributed by atoms with Gasteiger partial charge in [0, 0.05) is 18.8 Å². The first-order chi connectivity index (χ1) is 6.65. The van der Waals surface area contributed by atoms with E-state index in [4.69, 9.17) is 5.73 Å². The number of halogens is 1. The number of rotatable bonds is 2. The van der Waals surface area contributed by atoms with Crippen molar-refractivity contribution in [1.29, 1.82) is 0 Å². The second kappa shape index (κ2) is 3.41. The molecule has 0 saturated heterocycles. The zero-order valence-electron chi connectivity index (χ0n) is 7.55. The van der Waals surface area contributed by atoms with Crippen molar-refractivity contribution in [2.75, 3.05) is 5.73 Å². The largest absolute Gasteiger partial charge is 0.367 e. The molecule has 74 valence electrons. The first-order valence-electron chi connectivity index (χ1n) is 3.98. The van der Waals surface area contributed by atoms with Crippen molar-refractivity contribution >= 4 is 21.9 Å². The smallest absolute Gasteiger partial charge is 0.239 e. The molecule has 0 saturated carbocycles. The molecule has 2 aromatic heterocycles. The van der Waals surface area contributed by atoms with E-state index in [0.717, 1.165) is 10.2 Å².